The quantitative estimate of drug-likeness (QED) is 0.664. The predicted octanol–water partition coefficient (Wildman–Crippen LogP) is 0.956. The van der Waals surface area contributed by atoms with Crippen molar-refractivity contribution in [1.82, 2.24) is 5.32 Å². The number of halogens is 2. The number of hydrogen-bond donors (Lipinski definition) is 2. The van der Waals surface area contributed by atoms with Crippen LogP contribution in [-0.4, -0.2) is 44.0 Å². The summed E-state index contributed by atoms with van der Waals surface area (Å²) in [5.41, 5.74) is 0.695. The highest BCUT2D eigenvalue weighted by molar-refractivity contribution is 5.78. The van der Waals surface area contributed by atoms with Gasteiger partial charge in [0.25, 0.3) is 0 Å². The summed E-state index contributed by atoms with van der Waals surface area (Å²) >= 11 is 0. The highest BCUT2D eigenvalue weighted by atomic mass is 19.3. The van der Waals surface area contributed by atoms with Gasteiger partial charge in [-0.05, 0) is 17.7 Å². The molecule has 0 atom stereocenters. The average Bonchev–Trinajstić information content (AvgIpc) is 2.40. The molecule has 0 spiro atoms. The van der Waals surface area contributed by atoms with Crippen LogP contribution in [0.25, 0.3) is 0 Å². The average molecular weight is 289 g/mol. The van der Waals surface area contributed by atoms with E-state index < -0.39 is 6.61 Å². The Balaban J connectivity index is 2.27. The molecule has 0 heterocycles. The third-order valence-electron chi connectivity index (χ3n) is 2.32. The Morgan fingerprint density at radius 1 is 1.25 bits per heavy atom. The zero-order chi connectivity index (χ0) is 14.8. The highest BCUT2D eigenvalue weighted by Crippen LogP contribution is 2.15. The largest absolute Gasteiger partial charge is 0.435 e. The zero-order valence-electron chi connectivity index (χ0n) is 10.9. The van der Waals surface area contributed by atoms with Gasteiger partial charge in [-0.15, -0.1) is 0 Å². The minimum Gasteiger partial charge on any atom is -0.435 e. The third kappa shape index (κ3) is 7.01. The first-order valence-corrected chi connectivity index (χ1v) is 6.11. The Morgan fingerprint density at radius 2 is 1.95 bits per heavy atom. The van der Waals surface area contributed by atoms with Crippen molar-refractivity contribution in [2.45, 2.75) is 13.0 Å². The molecule has 0 aliphatic carbocycles. The minimum atomic E-state index is -2.86. The van der Waals surface area contributed by atoms with Crippen LogP contribution in [0, 0.1) is 0 Å². The molecule has 7 heteroatoms. The van der Waals surface area contributed by atoms with Gasteiger partial charge in [0.1, 0.15) is 5.75 Å². The Morgan fingerprint density at radius 3 is 2.55 bits per heavy atom. The molecule has 0 fully saturated rings. The van der Waals surface area contributed by atoms with E-state index >= 15 is 0 Å². The number of alkyl halides is 2. The lowest BCUT2D eigenvalue weighted by Crippen LogP contribution is -2.28. The van der Waals surface area contributed by atoms with Crippen molar-refractivity contribution in [3.05, 3.63) is 29.8 Å². The molecule has 0 radical (unpaired) electrons. The lowest BCUT2D eigenvalue weighted by Gasteiger charge is -2.07. The molecule has 1 amide bonds. The van der Waals surface area contributed by atoms with Crippen LogP contribution in [0.4, 0.5) is 8.78 Å². The molecule has 1 rings (SSSR count). The highest BCUT2D eigenvalue weighted by Gasteiger charge is 2.06. The van der Waals surface area contributed by atoms with Crippen molar-refractivity contribution in [2.75, 3.05) is 26.4 Å². The number of aliphatic hydroxyl groups excluding tert-OH is 1. The molecule has 0 saturated carbocycles. The molecule has 0 aliphatic heterocycles. The summed E-state index contributed by atoms with van der Waals surface area (Å²) in [6, 6.07) is 5.89. The number of rotatable bonds is 9. The van der Waals surface area contributed by atoms with Gasteiger partial charge in [-0.25, -0.2) is 0 Å². The number of hydrogen-bond acceptors (Lipinski definition) is 4. The van der Waals surface area contributed by atoms with Crippen LogP contribution in [0.5, 0.6) is 5.75 Å². The van der Waals surface area contributed by atoms with Gasteiger partial charge in [0.15, 0.2) is 0 Å². The van der Waals surface area contributed by atoms with Crippen molar-refractivity contribution in [2.24, 2.45) is 0 Å². The number of aliphatic hydroxyl groups is 1. The fourth-order valence-corrected chi connectivity index (χ4v) is 1.47. The van der Waals surface area contributed by atoms with Crippen molar-refractivity contribution < 1.29 is 28.2 Å². The van der Waals surface area contributed by atoms with Crippen LogP contribution >= 0.6 is 0 Å². The summed E-state index contributed by atoms with van der Waals surface area (Å²) in [6.07, 6.45) is 0.148. The second-order valence-corrected chi connectivity index (χ2v) is 3.89. The summed E-state index contributed by atoms with van der Waals surface area (Å²) in [6.45, 7) is -2.00. The van der Waals surface area contributed by atoms with Gasteiger partial charge >= 0.3 is 6.61 Å². The van der Waals surface area contributed by atoms with E-state index in [9.17, 15) is 13.6 Å². The Labute approximate surface area is 115 Å². The Kier molecular flexibility index (Phi) is 7.52. The maximum Gasteiger partial charge on any atom is 0.387 e. The lowest BCUT2D eigenvalue weighted by atomic mass is 10.1. The van der Waals surface area contributed by atoms with E-state index in [1.165, 1.54) is 12.1 Å². The molecule has 0 unspecified atom stereocenters. The van der Waals surface area contributed by atoms with Crippen LogP contribution in [0.3, 0.4) is 0 Å². The Hall–Kier alpha value is -1.73. The number of benzene rings is 1. The summed E-state index contributed by atoms with van der Waals surface area (Å²) in [5, 5.41) is 11.1. The first-order chi connectivity index (χ1) is 9.61. The molecular weight excluding hydrogens is 272 g/mol. The van der Waals surface area contributed by atoms with Gasteiger partial charge in [-0.3, -0.25) is 4.79 Å². The lowest BCUT2D eigenvalue weighted by molar-refractivity contribution is -0.120. The molecule has 2 N–H and O–H groups in total. The van der Waals surface area contributed by atoms with Crippen LogP contribution in [-0.2, 0) is 16.0 Å². The smallest absolute Gasteiger partial charge is 0.387 e. The van der Waals surface area contributed by atoms with Gasteiger partial charge < -0.3 is 19.9 Å². The van der Waals surface area contributed by atoms with E-state index in [-0.39, 0.29) is 31.3 Å². The predicted molar refractivity (Wildman–Crippen MR) is 67.7 cm³/mol. The summed E-state index contributed by atoms with van der Waals surface area (Å²) in [4.78, 5) is 11.5. The van der Waals surface area contributed by atoms with Crippen molar-refractivity contribution in [3.63, 3.8) is 0 Å². The second kappa shape index (κ2) is 9.22. The number of carbonyl (C=O) groups is 1. The van der Waals surface area contributed by atoms with E-state index in [0.29, 0.717) is 18.7 Å². The fraction of sp³-hybridized carbons (Fsp3) is 0.462. The summed E-state index contributed by atoms with van der Waals surface area (Å²) in [5.74, 6) is -0.137. The van der Waals surface area contributed by atoms with Crippen molar-refractivity contribution in [1.29, 1.82) is 0 Å². The van der Waals surface area contributed by atoms with E-state index in [2.05, 4.69) is 10.1 Å². The van der Waals surface area contributed by atoms with Gasteiger partial charge in [0.05, 0.1) is 26.2 Å². The van der Waals surface area contributed by atoms with Crippen LogP contribution in [0.2, 0.25) is 0 Å². The molecule has 0 bridgehead atoms. The first kappa shape index (κ1) is 16.3. The molecule has 0 aromatic heterocycles. The summed E-state index contributed by atoms with van der Waals surface area (Å²) in [7, 11) is 0. The van der Waals surface area contributed by atoms with Gasteiger partial charge in [0, 0.05) is 6.54 Å². The molecule has 112 valence electrons. The monoisotopic (exact) mass is 289 g/mol. The fourth-order valence-electron chi connectivity index (χ4n) is 1.47. The number of ether oxygens (including phenoxy) is 2. The normalized spacial score (nSPS) is 10.6. The van der Waals surface area contributed by atoms with E-state index in [1.807, 2.05) is 0 Å². The maximum absolute atomic E-state index is 11.9. The number of nitrogens with one attached hydrogen (secondary N) is 1. The maximum atomic E-state index is 11.9. The van der Waals surface area contributed by atoms with Gasteiger partial charge in [-0.1, -0.05) is 12.1 Å². The molecule has 5 nitrogen and oxygen atoms in total. The SMILES string of the molecule is O=C(Cc1ccc(OC(F)F)cc1)NCCOCCO. The van der Waals surface area contributed by atoms with E-state index in [1.54, 1.807) is 12.1 Å². The van der Waals surface area contributed by atoms with Crippen molar-refractivity contribution in [3.8, 4) is 5.75 Å². The van der Waals surface area contributed by atoms with Crippen LogP contribution < -0.4 is 10.1 Å². The molecule has 0 aliphatic rings. The van der Waals surface area contributed by atoms with Crippen molar-refractivity contribution >= 4 is 5.91 Å². The molecule has 1 aromatic rings. The standard InChI is InChI=1S/C13H17F2NO4/c14-13(15)20-11-3-1-10(2-4-11)9-12(18)16-5-7-19-8-6-17/h1-4,13,17H,5-9H2,(H,16,18). The van der Waals surface area contributed by atoms with Crippen LogP contribution in [0.1, 0.15) is 5.56 Å². The van der Waals surface area contributed by atoms with E-state index in [0.717, 1.165) is 0 Å². The zero-order valence-corrected chi connectivity index (χ0v) is 10.9. The third-order valence-corrected chi connectivity index (χ3v) is 2.32. The minimum absolute atomic E-state index is 0.0546. The number of amides is 1. The molecule has 20 heavy (non-hydrogen) atoms. The molecule has 0 saturated heterocycles. The summed E-state index contributed by atoms with van der Waals surface area (Å²) < 4.78 is 33.1. The van der Waals surface area contributed by atoms with Gasteiger partial charge in [-0.2, -0.15) is 8.78 Å². The molecular formula is C13H17F2NO4. The Bertz CT molecular complexity index is 398. The van der Waals surface area contributed by atoms with Gasteiger partial charge in [0.2, 0.25) is 5.91 Å². The van der Waals surface area contributed by atoms with E-state index in [4.69, 9.17) is 9.84 Å². The van der Waals surface area contributed by atoms with Crippen LogP contribution in [0.15, 0.2) is 24.3 Å². The molecule has 1 aromatic carbocycles. The number of carbonyl (C=O) groups excluding carboxylic acids is 1. The topological polar surface area (TPSA) is 67.8 Å². The second-order valence-electron chi connectivity index (χ2n) is 3.89. The first-order valence-electron chi connectivity index (χ1n) is 6.11.